The van der Waals surface area contributed by atoms with Crippen molar-refractivity contribution in [3.8, 4) is 0 Å². The van der Waals surface area contributed by atoms with Crippen molar-refractivity contribution < 1.29 is 29.3 Å². The Kier molecular flexibility index (Phi) is 6.56. The number of fused-ring (bicyclic) bond motifs is 6. The Labute approximate surface area is 129 Å². The molecular formula is C14H24N2O6. The average Bonchev–Trinajstić information content (AvgIpc) is 2.59. The molecule has 4 atom stereocenters. The monoisotopic (exact) mass is 316 g/mol. The molecule has 0 amide bonds. The highest BCUT2D eigenvalue weighted by molar-refractivity contribution is 6.27. The van der Waals surface area contributed by atoms with Crippen LogP contribution in [0.3, 0.4) is 0 Å². The maximum atomic E-state index is 9.10. The number of hydrogen-bond acceptors (Lipinski definition) is 6. The molecule has 0 unspecified atom stereocenters. The fourth-order valence-corrected chi connectivity index (χ4v) is 2.85. The van der Waals surface area contributed by atoms with Crippen molar-refractivity contribution >= 4 is 11.9 Å². The summed E-state index contributed by atoms with van der Waals surface area (Å²) in [6, 6.07) is 1.36. The number of morpholine rings is 2. The van der Waals surface area contributed by atoms with Crippen LogP contribution in [0.4, 0.5) is 0 Å². The lowest BCUT2D eigenvalue weighted by atomic mass is 10.0. The zero-order chi connectivity index (χ0) is 15.9. The molecule has 0 spiro atoms. The number of rotatable bonds is 0. The lowest BCUT2D eigenvalue weighted by Crippen LogP contribution is -2.51. The lowest BCUT2D eigenvalue weighted by molar-refractivity contribution is -0.159. The van der Waals surface area contributed by atoms with Gasteiger partial charge in [-0.1, -0.05) is 0 Å². The maximum absolute atomic E-state index is 9.10. The molecule has 6 fully saturated rings. The van der Waals surface area contributed by atoms with Crippen molar-refractivity contribution in [2.75, 3.05) is 26.3 Å². The minimum atomic E-state index is -1.82. The third-order valence-corrected chi connectivity index (χ3v) is 4.19. The number of carboxylic acid groups (broad SMARTS) is 2. The fraction of sp³-hybridized carbons (Fsp3) is 0.857. The Hall–Kier alpha value is -1.22. The van der Waals surface area contributed by atoms with Crippen LogP contribution in [0.1, 0.15) is 25.7 Å². The number of carbonyl (C=O) groups is 2. The van der Waals surface area contributed by atoms with Crippen LogP contribution in [0.25, 0.3) is 0 Å². The first-order valence-electron chi connectivity index (χ1n) is 7.70. The van der Waals surface area contributed by atoms with Gasteiger partial charge in [-0.15, -0.1) is 0 Å². The maximum Gasteiger partial charge on any atom is 0.414 e. The molecule has 22 heavy (non-hydrogen) atoms. The standard InChI is InChI=1S/2C6H11NO.C2H2O4/c2*1-2-6-3-7-5(1)4-8-6;3-1(4)2(5)6/h2*5-7H,1-4H2;(H,3,4)(H,5,6)/t2*5-,6-;/m11./s1. The predicted octanol–water partition coefficient (Wildman–Crippen LogP) is -0.570. The molecule has 0 aromatic carbocycles. The van der Waals surface area contributed by atoms with Crippen molar-refractivity contribution in [2.45, 2.75) is 50.0 Å². The Morgan fingerprint density at radius 1 is 0.773 bits per heavy atom. The van der Waals surface area contributed by atoms with Gasteiger partial charge in [0, 0.05) is 25.2 Å². The van der Waals surface area contributed by atoms with Crippen LogP contribution in [-0.2, 0) is 19.1 Å². The zero-order valence-electron chi connectivity index (χ0n) is 12.5. The van der Waals surface area contributed by atoms with E-state index in [0.717, 1.165) is 26.3 Å². The highest BCUT2D eigenvalue weighted by atomic mass is 16.5. The summed E-state index contributed by atoms with van der Waals surface area (Å²) in [5.74, 6) is -3.65. The van der Waals surface area contributed by atoms with Gasteiger partial charge in [0.15, 0.2) is 0 Å². The van der Waals surface area contributed by atoms with Gasteiger partial charge in [-0.05, 0) is 25.7 Å². The second kappa shape index (κ2) is 8.42. The van der Waals surface area contributed by atoms with Gasteiger partial charge in [-0.2, -0.15) is 0 Å². The molecule has 8 heteroatoms. The van der Waals surface area contributed by atoms with Crippen LogP contribution in [0.15, 0.2) is 0 Å². The second-order valence-electron chi connectivity index (χ2n) is 5.89. The summed E-state index contributed by atoms with van der Waals surface area (Å²) >= 11 is 0. The summed E-state index contributed by atoms with van der Waals surface area (Å²) in [6.07, 6.45) is 6.28. The minimum absolute atomic E-state index is 0.542. The third-order valence-electron chi connectivity index (χ3n) is 4.19. The van der Waals surface area contributed by atoms with Crippen molar-refractivity contribution in [3.05, 3.63) is 0 Å². The molecule has 6 aliphatic rings. The van der Waals surface area contributed by atoms with Crippen LogP contribution in [-0.4, -0.2) is 72.7 Å². The van der Waals surface area contributed by atoms with E-state index < -0.39 is 11.9 Å². The molecular weight excluding hydrogens is 292 g/mol. The van der Waals surface area contributed by atoms with Gasteiger partial charge < -0.3 is 30.3 Å². The number of nitrogens with one attached hydrogen (secondary N) is 2. The number of carboxylic acids is 2. The van der Waals surface area contributed by atoms with Crippen molar-refractivity contribution in [1.82, 2.24) is 10.6 Å². The summed E-state index contributed by atoms with van der Waals surface area (Å²) in [5, 5.41) is 21.6. The largest absolute Gasteiger partial charge is 0.473 e. The third kappa shape index (κ3) is 5.53. The number of ether oxygens (including phenoxy) is 2. The van der Waals surface area contributed by atoms with E-state index in [4.69, 9.17) is 29.3 Å². The SMILES string of the molecule is C1C[C@@H]2CN[C@H]1CO2.C1C[C@@H]2CN[C@H]1CO2.O=C(O)C(=O)O. The first kappa shape index (κ1) is 17.1. The Morgan fingerprint density at radius 2 is 1.18 bits per heavy atom. The van der Waals surface area contributed by atoms with Crippen LogP contribution in [0.2, 0.25) is 0 Å². The van der Waals surface area contributed by atoms with E-state index in [9.17, 15) is 0 Å². The van der Waals surface area contributed by atoms with Crippen molar-refractivity contribution in [3.63, 3.8) is 0 Å². The second-order valence-corrected chi connectivity index (χ2v) is 5.89. The van der Waals surface area contributed by atoms with E-state index in [1.165, 1.54) is 25.7 Å². The first-order valence-corrected chi connectivity index (χ1v) is 7.70. The Balaban J connectivity index is 0.000000123. The topological polar surface area (TPSA) is 117 Å². The van der Waals surface area contributed by atoms with Gasteiger partial charge in [-0.25, -0.2) is 9.59 Å². The number of hydrogen-bond donors (Lipinski definition) is 4. The van der Waals surface area contributed by atoms with Crippen LogP contribution >= 0.6 is 0 Å². The zero-order valence-corrected chi connectivity index (χ0v) is 12.5. The van der Waals surface area contributed by atoms with Crippen LogP contribution < -0.4 is 10.6 Å². The first-order chi connectivity index (χ1) is 10.5. The van der Waals surface area contributed by atoms with Crippen LogP contribution in [0.5, 0.6) is 0 Å². The van der Waals surface area contributed by atoms with Gasteiger partial charge in [0.25, 0.3) is 0 Å². The van der Waals surface area contributed by atoms with Crippen molar-refractivity contribution in [2.24, 2.45) is 0 Å². The van der Waals surface area contributed by atoms with Crippen LogP contribution in [0, 0.1) is 0 Å². The van der Waals surface area contributed by atoms with Crippen molar-refractivity contribution in [1.29, 1.82) is 0 Å². The van der Waals surface area contributed by atoms with Gasteiger partial charge in [-0.3, -0.25) is 0 Å². The summed E-state index contributed by atoms with van der Waals surface area (Å²) in [5.41, 5.74) is 0. The van der Waals surface area contributed by atoms with Gasteiger partial charge >= 0.3 is 11.9 Å². The summed E-state index contributed by atoms with van der Waals surface area (Å²) < 4.78 is 10.8. The number of aliphatic carboxylic acids is 2. The minimum Gasteiger partial charge on any atom is -0.473 e. The van der Waals surface area contributed by atoms with E-state index >= 15 is 0 Å². The van der Waals surface area contributed by atoms with Gasteiger partial charge in [0.2, 0.25) is 0 Å². The van der Waals surface area contributed by atoms with E-state index in [-0.39, 0.29) is 0 Å². The highest BCUT2D eigenvalue weighted by Gasteiger charge is 2.27. The molecule has 4 N–H and O–H groups in total. The highest BCUT2D eigenvalue weighted by Crippen LogP contribution is 2.18. The predicted molar refractivity (Wildman–Crippen MR) is 76.8 cm³/mol. The molecule has 6 heterocycles. The quantitative estimate of drug-likeness (QED) is 0.439. The molecule has 4 bridgehead atoms. The molecule has 0 aliphatic carbocycles. The van der Waals surface area contributed by atoms with E-state index in [2.05, 4.69) is 10.6 Å². The Bertz CT molecular complexity index is 293. The summed E-state index contributed by atoms with van der Waals surface area (Å²) in [6.45, 7) is 4.07. The van der Waals surface area contributed by atoms with E-state index in [1.807, 2.05) is 0 Å². The number of piperidine rings is 2. The smallest absolute Gasteiger partial charge is 0.414 e. The molecule has 6 aliphatic heterocycles. The van der Waals surface area contributed by atoms with E-state index in [1.54, 1.807) is 0 Å². The van der Waals surface area contributed by atoms with Gasteiger partial charge in [0.1, 0.15) is 0 Å². The molecule has 6 rings (SSSR count). The molecule has 0 radical (unpaired) electrons. The molecule has 0 aromatic heterocycles. The molecule has 8 nitrogen and oxygen atoms in total. The van der Waals surface area contributed by atoms with Gasteiger partial charge in [0.05, 0.1) is 25.4 Å². The molecule has 0 saturated carbocycles. The molecule has 126 valence electrons. The average molecular weight is 316 g/mol. The molecule has 6 saturated heterocycles. The normalized spacial score (nSPS) is 34.7. The Morgan fingerprint density at radius 3 is 1.23 bits per heavy atom. The van der Waals surface area contributed by atoms with E-state index in [0.29, 0.717) is 24.3 Å². The summed E-state index contributed by atoms with van der Waals surface area (Å²) in [4.78, 5) is 18.2. The molecule has 0 aromatic rings. The summed E-state index contributed by atoms with van der Waals surface area (Å²) in [7, 11) is 0. The lowest BCUT2D eigenvalue weighted by Gasteiger charge is -2.36. The fourth-order valence-electron chi connectivity index (χ4n) is 2.85.